The van der Waals surface area contributed by atoms with Gasteiger partial charge < -0.3 is 5.32 Å². The number of amides is 1. The second-order valence-corrected chi connectivity index (χ2v) is 6.82. The Hall–Kier alpha value is -3.29. The number of hydrogen-bond donors (Lipinski definition) is 1. The van der Waals surface area contributed by atoms with Crippen LogP contribution in [0.2, 0.25) is 10.0 Å². The van der Waals surface area contributed by atoms with Crippen molar-refractivity contribution in [3.8, 4) is 16.9 Å². The van der Waals surface area contributed by atoms with Gasteiger partial charge in [0, 0.05) is 0 Å². The van der Waals surface area contributed by atoms with Crippen LogP contribution >= 0.6 is 23.2 Å². The number of rotatable bonds is 4. The van der Waals surface area contributed by atoms with E-state index in [1.807, 2.05) is 0 Å². The van der Waals surface area contributed by atoms with Crippen molar-refractivity contribution >= 4 is 34.8 Å². The quantitative estimate of drug-likeness (QED) is 0.495. The first-order valence-electron chi connectivity index (χ1n) is 8.40. The third-order valence-corrected chi connectivity index (χ3v) is 4.67. The molecule has 6 nitrogen and oxygen atoms in total. The standard InChI is InChI=1S/C20H12Cl2FN5O/c21-17-9-13(12-1-4-14(23)5-2-12)3-6-16(17)20(29)27-15-10-18(22)19(24-11-15)28-25-7-8-26-28/h1-11H,(H,27,29). The summed E-state index contributed by atoms with van der Waals surface area (Å²) < 4.78 is 13.1. The highest BCUT2D eigenvalue weighted by Gasteiger charge is 2.14. The zero-order valence-electron chi connectivity index (χ0n) is 14.7. The van der Waals surface area contributed by atoms with Gasteiger partial charge in [-0.15, -0.1) is 4.80 Å². The van der Waals surface area contributed by atoms with E-state index in [1.54, 1.807) is 36.4 Å². The summed E-state index contributed by atoms with van der Waals surface area (Å²) >= 11 is 12.5. The molecule has 0 aliphatic heterocycles. The highest BCUT2D eigenvalue weighted by Crippen LogP contribution is 2.27. The highest BCUT2D eigenvalue weighted by atomic mass is 35.5. The summed E-state index contributed by atoms with van der Waals surface area (Å²) in [5.41, 5.74) is 2.24. The SMILES string of the molecule is O=C(Nc1cnc(-n2nccn2)c(Cl)c1)c1ccc(-c2ccc(F)cc2)cc1Cl. The second-order valence-electron chi connectivity index (χ2n) is 6.00. The zero-order valence-corrected chi connectivity index (χ0v) is 16.2. The van der Waals surface area contributed by atoms with E-state index in [1.165, 1.54) is 35.5 Å². The van der Waals surface area contributed by atoms with Gasteiger partial charge in [-0.2, -0.15) is 10.2 Å². The van der Waals surface area contributed by atoms with Gasteiger partial charge >= 0.3 is 0 Å². The maximum atomic E-state index is 13.1. The number of pyridine rings is 1. The molecule has 0 atom stereocenters. The molecule has 4 aromatic rings. The molecule has 29 heavy (non-hydrogen) atoms. The van der Waals surface area contributed by atoms with Gasteiger partial charge in [-0.1, -0.05) is 41.4 Å². The molecular weight excluding hydrogens is 416 g/mol. The summed E-state index contributed by atoms with van der Waals surface area (Å²) in [5, 5.41) is 11.2. The van der Waals surface area contributed by atoms with E-state index in [0.717, 1.165) is 11.1 Å². The lowest BCUT2D eigenvalue weighted by molar-refractivity contribution is 0.102. The smallest absolute Gasteiger partial charge is 0.257 e. The van der Waals surface area contributed by atoms with Crippen LogP contribution in [0.4, 0.5) is 10.1 Å². The summed E-state index contributed by atoms with van der Waals surface area (Å²) in [6, 6.07) is 12.6. The molecule has 2 aromatic heterocycles. The van der Waals surface area contributed by atoms with E-state index in [0.29, 0.717) is 11.5 Å². The van der Waals surface area contributed by atoms with Crippen LogP contribution in [0.3, 0.4) is 0 Å². The Bertz CT molecular complexity index is 1180. The van der Waals surface area contributed by atoms with Crippen LogP contribution in [0.1, 0.15) is 10.4 Å². The highest BCUT2D eigenvalue weighted by molar-refractivity contribution is 6.35. The van der Waals surface area contributed by atoms with Crippen LogP contribution in [0.15, 0.2) is 67.1 Å². The van der Waals surface area contributed by atoms with Crippen molar-refractivity contribution in [2.45, 2.75) is 0 Å². The summed E-state index contributed by atoms with van der Waals surface area (Å²) in [4.78, 5) is 18.1. The van der Waals surface area contributed by atoms with Crippen LogP contribution in [-0.4, -0.2) is 25.9 Å². The van der Waals surface area contributed by atoms with Crippen molar-refractivity contribution in [1.82, 2.24) is 20.0 Å². The molecule has 2 heterocycles. The van der Waals surface area contributed by atoms with Crippen LogP contribution < -0.4 is 5.32 Å². The maximum Gasteiger partial charge on any atom is 0.257 e. The van der Waals surface area contributed by atoms with Crippen LogP contribution in [0, 0.1) is 5.82 Å². The van der Waals surface area contributed by atoms with Crippen molar-refractivity contribution in [2.75, 3.05) is 5.32 Å². The fraction of sp³-hybridized carbons (Fsp3) is 0. The molecule has 0 unspecified atom stereocenters. The van der Waals surface area contributed by atoms with Crippen molar-refractivity contribution < 1.29 is 9.18 Å². The fourth-order valence-electron chi connectivity index (χ4n) is 2.69. The predicted octanol–water partition coefficient (Wildman–Crippen LogP) is 5.03. The Morgan fingerprint density at radius 1 is 0.931 bits per heavy atom. The summed E-state index contributed by atoms with van der Waals surface area (Å²) in [5.74, 6) is -0.391. The molecule has 9 heteroatoms. The molecule has 0 bridgehead atoms. The Morgan fingerprint density at radius 2 is 1.62 bits per heavy atom. The molecule has 1 N–H and O–H groups in total. The first-order chi connectivity index (χ1) is 14.0. The van der Waals surface area contributed by atoms with Crippen LogP contribution in [0.5, 0.6) is 0 Å². The molecule has 4 rings (SSSR count). The number of anilines is 1. The van der Waals surface area contributed by atoms with Crippen molar-refractivity contribution in [2.24, 2.45) is 0 Å². The molecule has 144 valence electrons. The topological polar surface area (TPSA) is 72.7 Å². The zero-order chi connectivity index (χ0) is 20.4. The normalized spacial score (nSPS) is 10.7. The molecule has 0 aliphatic rings. The number of nitrogens with zero attached hydrogens (tertiary/aromatic N) is 4. The van der Waals surface area contributed by atoms with E-state index in [2.05, 4.69) is 20.5 Å². The molecular formula is C20H12Cl2FN5O. The molecule has 2 aromatic carbocycles. The number of benzene rings is 2. The third kappa shape index (κ3) is 4.11. The fourth-order valence-corrected chi connectivity index (χ4v) is 3.20. The minimum Gasteiger partial charge on any atom is -0.320 e. The minimum atomic E-state index is -0.413. The van der Waals surface area contributed by atoms with Gasteiger partial charge in [-0.3, -0.25) is 4.79 Å². The van der Waals surface area contributed by atoms with Crippen molar-refractivity contribution in [3.63, 3.8) is 0 Å². The Kier molecular flexibility index (Phi) is 5.24. The minimum absolute atomic E-state index is 0.265. The van der Waals surface area contributed by atoms with E-state index >= 15 is 0 Å². The van der Waals surface area contributed by atoms with Crippen molar-refractivity contribution in [3.05, 3.63) is 88.5 Å². The summed E-state index contributed by atoms with van der Waals surface area (Å²) in [7, 11) is 0. The van der Waals surface area contributed by atoms with Crippen molar-refractivity contribution in [1.29, 1.82) is 0 Å². The molecule has 0 radical (unpaired) electrons. The van der Waals surface area contributed by atoms with Gasteiger partial charge in [0.25, 0.3) is 5.91 Å². The molecule has 1 amide bonds. The number of carbonyl (C=O) groups excluding carboxylic acids is 1. The third-order valence-electron chi connectivity index (χ3n) is 4.08. The maximum absolute atomic E-state index is 13.1. The van der Waals surface area contributed by atoms with E-state index in [9.17, 15) is 9.18 Å². The number of nitrogens with one attached hydrogen (secondary N) is 1. The number of aromatic nitrogens is 4. The first-order valence-corrected chi connectivity index (χ1v) is 9.16. The summed E-state index contributed by atoms with van der Waals surface area (Å²) in [6.07, 6.45) is 4.46. The number of hydrogen-bond acceptors (Lipinski definition) is 4. The Morgan fingerprint density at radius 3 is 2.28 bits per heavy atom. The first kappa shape index (κ1) is 19.0. The Balaban J connectivity index is 1.54. The lowest BCUT2D eigenvalue weighted by Gasteiger charge is -2.10. The largest absolute Gasteiger partial charge is 0.320 e. The van der Waals surface area contributed by atoms with Gasteiger partial charge in [-0.05, 0) is 41.5 Å². The van der Waals surface area contributed by atoms with Gasteiger partial charge in [0.1, 0.15) is 5.82 Å². The van der Waals surface area contributed by atoms with Gasteiger partial charge in [0.15, 0.2) is 5.82 Å². The second kappa shape index (κ2) is 7.98. The molecule has 0 saturated carbocycles. The average molecular weight is 428 g/mol. The molecule has 0 aliphatic carbocycles. The number of halogens is 3. The molecule has 0 fully saturated rings. The lowest BCUT2D eigenvalue weighted by atomic mass is 10.0. The lowest BCUT2D eigenvalue weighted by Crippen LogP contribution is -2.13. The van der Waals surface area contributed by atoms with Crippen LogP contribution in [0.25, 0.3) is 16.9 Å². The van der Waals surface area contributed by atoms with E-state index < -0.39 is 5.91 Å². The molecule has 0 spiro atoms. The van der Waals surface area contributed by atoms with E-state index in [-0.39, 0.29) is 21.4 Å². The Labute approximate surface area is 174 Å². The van der Waals surface area contributed by atoms with Crippen LogP contribution in [-0.2, 0) is 0 Å². The monoisotopic (exact) mass is 427 g/mol. The predicted molar refractivity (Wildman–Crippen MR) is 109 cm³/mol. The van der Waals surface area contributed by atoms with Gasteiger partial charge in [0.2, 0.25) is 0 Å². The van der Waals surface area contributed by atoms with Gasteiger partial charge in [-0.25, -0.2) is 9.37 Å². The summed E-state index contributed by atoms with van der Waals surface area (Å²) in [6.45, 7) is 0. The molecule has 0 saturated heterocycles. The number of carbonyl (C=O) groups is 1. The average Bonchev–Trinajstić information content (AvgIpc) is 3.23. The van der Waals surface area contributed by atoms with E-state index in [4.69, 9.17) is 23.2 Å². The van der Waals surface area contributed by atoms with Gasteiger partial charge in [0.05, 0.1) is 39.9 Å².